The third-order valence-electron chi connectivity index (χ3n) is 11.8. The number of nitrogens with zero attached hydrogens (tertiary/aromatic N) is 6. The van der Waals surface area contributed by atoms with Gasteiger partial charge in [0.25, 0.3) is 53.2 Å². The van der Waals surface area contributed by atoms with Gasteiger partial charge < -0.3 is 81.8 Å². The van der Waals surface area contributed by atoms with Gasteiger partial charge in [0.2, 0.25) is 23.6 Å². The van der Waals surface area contributed by atoms with Crippen molar-refractivity contribution in [3.63, 3.8) is 0 Å². The van der Waals surface area contributed by atoms with Gasteiger partial charge >= 0.3 is 0 Å². The Bertz CT molecular complexity index is 4030. The van der Waals surface area contributed by atoms with Gasteiger partial charge in [-0.15, -0.1) is 22.7 Å². The normalized spacial score (nSPS) is 17.0. The molecule has 34 heteroatoms. The van der Waals surface area contributed by atoms with Crippen LogP contribution in [-0.4, -0.2) is 125 Å². The van der Waals surface area contributed by atoms with E-state index in [2.05, 4.69) is 105 Å². The fraction of sp³-hybridized carbons (Fsp3) is 0.185. The summed E-state index contributed by atoms with van der Waals surface area (Å²) in [6.45, 7) is 24.5. The minimum atomic E-state index is -1.74. The van der Waals surface area contributed by atoms with Crippen LogP contribution in [0.1, 0.15) is 114 Å². The van der Waals surface area contributed by atoms with Gasteiger partial charge in [0.15, 0.2) is 17.6 Å². The number of carbonyl (C=O) groups excluding carboxylic acids is 10. The van der Waals surface area contributed by atoms with Crippen LogP contribution < -0.4 is 53.6 Å². The summed E-state index contributed by atoms with van der Waals surface area (Å²) >= 11 is 1.80. The number of oxazole rings is 3. The molecule has 0 saturated carbocycles. The molecule has 0 fully saturated rings. The highest BCUT2D eigenvalue weighted by atomic mass is 32.1. The molecule has 0 saturated heterocycles. The van der Waals surface area contributed by atoms with Crippen molar-refractivity contribution >= 4 is 98.8 Å². The number of allylic oxidation sites excluding steroid dienone is 1. The number of methoxy groups -OCH3 is 1. The number of pyridine rings is 1. The van der Waals surface area contributed by atoms with Crippen molar-refractivity contribution < 1.29 is 76.1 Å². The quantitative estimate of drug-likeness (QED) is 0.0855. The predicted molar refractivity (Wildman–Crippen MR) is 309 cm³/mol. The highest BCUT2D eigenvalue weighted by Gasteiger charge is 2.32. The Balaban J connectivity index is 1.23. The zero-order valence-electron chi connectivity index (χ0n) is 47.1. The molecule has 7 heterocycles. The molecule has 456 valence electrons. The van der Waals surface area contributed by atoms with Gasteiger partial charge in [0.05, 0.1) is 40.7 Å². The lowest BCUT2D eigenvalue weighted by molar-refractivity contribution is -0.124. The van der Waals surface area contributed by atoms with Gasteiger partial charge in [-0.1, -0.05) is 39.0 Å². The first kappa shape index (κ1) is 64.4. The monoisotopic (exact) mass is 1240 g/mol. The number of primary amides is 1. The van der Waals surface area contributed by atoms with Crippen molar-refractivity contribution in [2.24, 2.45) is 5.73 Å². The number of aliphatic hydroxyl groups excluding tert-OH is 2. The number of amides is 10. The van der Waals surface area contributed by atoms with Gasteiger partial charge in [-0.3, -0.25) is 47.9 Å². The second kappa shape index (κ2) is 27.2. The van der Waals surface area contributed by atoms with Gasteiger partial charge in [-0.2, -0.15) is 0 Å². The number of carbonyl (C=O) groups is 10. The first-order chi connectivity index (χ1) is 41.6. The maximum Gasteiger partial charge on any atom is 0.278 e. The molecule has 7 rings (SSSR count). The molecule has 4 atom stereocenters. The van der Waals surface area contributed by atoms with E-state index in [9.17, 15) is 58.2 Å². The van der Waals surface area contributed by atoms with Crippen molar-refractivity contribution in [2.45, 2.75) is 59.1 Å². The number of nitrogens with two attached hydrogens (primary N) is 1. The minimum Gasteiger partial charge on any atom is -0.443 e. The molecule has 10 bridgehead atoms. The topological polar surface area (TPSA) is 471 Å². The maximum atomic E-state index is 14.0. The lowest BCUT2D eigenvalue weighted by Gasteiger charge is -2.21. The summed E-state index contributed by atoms with van der Waals surface area (Å²) in [6, 6.07) is 0.772. The molecule has 6 aromatic rings. The summed E-state index contributed by atoms with van der Waals surface area (Å²) in [4.78, 5) is 159. The van der Waals surface area contributed by atoms with Crippen LogP contribution >= 0.6 is 22.7 Å². The number of fused-ring (bicyclic) bond motifs is 13. The highest BCUT2D eigenvalue weighted by molar-refractivity contribution is 7.13. The second-order valence-electron chi connectivity index (χ2n) is 18.4. The molecular weight excluding hydrogens is 1190 g/mol. The van der Waals surface area contributed by atoms with Crippen LogP contribution in [0.3, 0.4) is 0 Å². The lowest BCUT2D eigenvalue weighted by Crippen LogP contribution is -2.52. The molecule has 0 aromatic carbocycles. The highest BCUT2D eigenvalue weighted by Crippen LogP contribution is 2.34. The molecule has 10 amide bonds. The third kappa shape index (κ3) is 15.0. The average molecular weight is 1250 g/mol. The van der Waals surface area contributed by atoms with Crippen LogP contribution in [-0.2, 0) is 28.7 Å². The Morgan fingerprint density at radius 3 is 1.91 bits per heavy atom. The molecule has 1 aliphatic rings. The van der Waals surface area contributed by atoms with E-state index in [4.69, 9.17) is 23.7 Å². The SMILES string of the molecule is C=C(NC(=O)C(=C)NC(=O)C(=C)NC(=O)c1ccc2c(n1)-c1coc(n1)C(=C)NC(=O)C(=C)NC(=O)c1nc(oc1C)/C(=C/C)NC(=O)c1csc(n1)C(OC)NC(=O)c1nc(oc1C)/C(=C\C(C)O)NC(=O)C([C@@H](C)O)NC(=O)c1csc-2n1)C(N)=O. The minimum absolute atomic E-state index is 0.00328. The summed E-state index contributed by atoms with van der Waals surface area (Å²) in [7, 11) is 1.25. The Morgan fingerprint density at radius 1 is 0.682 bits per heavy atom. The first-order valence-electron chi connectivity index (χ1n) is 25.2. The van der Waals surface area contributed by atoms with Crippen LogP contribution in [0.25, 0.3) is 39.1 Å². The van der Waals surface area contributed by atoms with Crippen LogP contribution in [0, 0.1) is 13.8 Å². The van der Waals surface area contributed by atoms with Crippen LogP contribution in [0.4, 0.5) is 0 Å². The molecule has 1 aliphatic heterocycles. The third-order valence-corrected chi connectivity index (χ3v) is 13.5. The number of hydrogen-bond acceptors (Lipinski definition) is 24. The van der Waals surface area contributed by atoms with E-state index < -0.39 is 112 Å². The van der Waals surface area contributed by atoms with Crippen molar-refractivity contribution in [3.8, 4) is 22.0 Å². The molecule has 32 nitrogen and oxygen atoms in total. The summed E-state index contributed by atoms with van der Waals surface area (Å²) in [6.07, 6.45) is -0.570. The van der Waals surface area contributed by atoms with Crippen molar-refractivity contribution in [2.75, 3.05) is 7.11 Å². The van der Waals surface area contributed by atoms with Crippen molar-refractivity contribution in [3.05, 3.63) is 160 Å². The molecule has 3 unspecified atom stereocenters. The van der Waals surface area contributed by atoms with E-state index in [1.54, 1.807) is 6.92 Å². The summed E-state index contributed by atoms with van der Waals surface area (Å²) < 4.78 is 22.7. The van der Waals surface area contributed by atoms with Crippen molar-refractivity contribution in [1.82, 2.24) is 77.8 Å². The Labute approximate surface area is 504 Å². The molecule has 6 aromatic heterocycles. The number of aryl methyl sites for hydroxylation is 2. The van der Waals surface area contributed by atoms with Crippen LogP contribution in [0.2, 0.25) is 0 Å². The van der Waals surface area contributed by atoms with Gasteiger partial charge in [0.1, 0.15) is 73.7 Å². The largest absolute Gasteiger partial charge is 0.443 e. The fourth-order valence-electron chi connectivity index (χ4n) is 7.34. The van der Waals surface area contributed by atoms with Crippen LogP contribution in [0.5, 0.6) is 0 Å². The summed E-state index contributed by atoms with van der Waals surface area (Å²) in [5.41, 5.74) is 0.510. The molecule has 88 heavy (non-hydrogen) atoms. The molecule has 0 aliphatic carbocycles. The van der Waals surface area contributed by atoms with E-state index in [1.807, 2.05) is 5.32 Å². The fourth-order valence-corrected chi connectivity index (χ4v) is 8.98. The molecule has 0 radical (unpaired) electrons. The molecule has 13 N–H and O–H groups in total. The van der Waals surface area contributed by atoms with E-state index in [1.165, 1.54) is 63.8 Å². The number of thiazole rings is 2. The Hall–Kier alpha value is -11.2. The first-order valence-corrected chi connectivity index (χ1v) is 27.0. The zero-order chi connectivity index (χ0) is 64.6. The number of aliphatic hydroxyl groups is 2. The number of nitrogens with one attached hydrogen (secondary N) is 9. The number of ether oxygens (including phenoxy) is 1. The Morgan fingerprint density at radius 2 is 1.28 bits per heavy atom. The predicted octanol–water partition coefficient (Wildman–Crippen LogP) is 1.13. The molecule has 0 spiro atoms. The van der Waals surface area contributed by atoms with E-state index in [0.29, 0.717) is 0 Å². The second-order valence-corrected chi connectivity index (χ2v) is 20.1. The number of aromatic nitrogens is 6. The zero-order valence-corrected chi connectivity index (χ0v) is 48.7. The maximum absolute atomic E-state index is 14.0. The van der Waals surface area contributed by atoms with Gasteiger partial charge in [0, 0.05) is 23.4 Å². The molecular formula is C54H52N16O16S2. The average Bonchev–Trinajstić information content (AvgIpc) is 2.95. The standard InChI is InChI=1S/C54H52N16O16S2/c1-12-29-50-68-36(26(9)85-50)47(81)59-23(6)42(76)60-24(7)49-64-32(16-84-49)38-28(13-14-30(61-38)43(77)58-22(5)41(75)57-21(4)40(74)56-20(3)39(55)73)53-65-34(17-87-53)45(79)67-35(25(8)72)46(80)63-31(15-19(2)71)51-69-37(27(10)86-51)48(82)70-52(83-11)54-66-33(18-88-54)44(78)62-29/h12-19,25,35,52,71-72H,3-7H2,1-2,8-11H3,(H2,55,73)(H,56,74)(H,57,75)(H,58,77)(H,59,81)(H,60,76)(H,62,78)(H,63,80)(H,67,79)(H,70,82)/b29-12-,31-15+/t19?,25-,35?,52?/m1/s1. The van der Waals surface area contributed by atoms with E-state index >= 15 is 0 Å². The number of rotatable bonds is 10. The van der Waals surface area contributed by atoms with Gasteiger partial charge in [-0.05, 0) is 52.8 Å². The smallest absolute Gasteiger partial charge is 0.278 e. The van der Waals surface area contributed by atoms with Crippen LogP contribution in [0.15, 0.2) is 110 Å². The van der Waals surface area contributed by atoms with E-state index in [-0.39, 0.29) is 96.0 Å². The number of hydrogen-bond donors (Lipinski definition) is 12. The van der Waals surface area contributed by atoms with Gasteiger partial charge in [-0.25, -0.2) is 29.9 Å². The Kier molecular flexibility index (Phi) is 19.9. The lowest BCUT2D eigenvalue weighted by atomic mass is 10.1. The summed E-state index contributed by atoms with van der Waals surface area (Å²) in [5, 5.41) is 45.2. The van der Waals surface area contributed by atoms with Crippen molar-refractivity contribution in [1.29, 1.82) is 0 Å². The summed E-state index contributed by atoms with van der Waals surface area (Å²) in [5.74, 6) is -11.1. The van der Waals surface area contributed by atoms with E-state index in [0.717, 1.165) is 35.0 Å².